The molecule has 0 radical (unpaired) electrons. The van der Waals surface area contributed by atoms with Gasteiger partial charge in [0.15, 0.2) is 16.6 Å². The smallest absolute Gasteiger partial charge is 0.417 e. The molecule has 0 heterocycles. The predicted octanol–water partition coefficient (Wildman–Crippen LogP) is 6.27. The number of hydrogen-bond donors (Lipinski definition) is 0. The van der Waals surface area contributed by atoms with Crippen LogP contribution in [0.2, 0.25) is 57.9 Å². The topological polar surface area (TPSA) is 27.7 Å². The lowest BCUT2D eigenvalue weighted by Gasteiger charge is -2.42. The van der Waals surface area contributed by atoms with Gasteiger partial charge in [-0.05, 0) is 63.2 Å². The normalized spacial score (nSPS) is 14.9. The average Bonchev–Trinajstić information content (AvgIpc) is 2.02. The summed E-state index contributed by atoms with van der Waals surface area (Å²) in [5.74, 6) is 1.05. The van der Waals surface area contributed by atoms with E-state index < -0.39 is 33.1 Å². The van der Waals surface area contributed by atoms with Crippen molar-refractivity contribution in [2.75, 3.05) is 0 Å². The summed E-state index contributed by atoms with van der Waals surface area (Å²) in [6, 6.07) is 1.89. The molecule has 0 atom stereocenters. The van der Waals surface area contributed by atoms with Gasteiger partial charge in [0.25, 0.3) is 7.63 Å². The van der Waals surface area contributed by atoms with Gasteiger partial charge in [0.1, 0.15) is 0 Å². The van der Waals surface area contributed by atoms with Crippen LogP contribution in [0.1, 0.15) is 27.7 Å². The van der Waals surface area contributed by atoms with E-state index in [9.17, 15) is 0 Å². The van der Waals surface area contributed by atoms with Crippen LogP contribution in [0, 0.1) is 11.8 Å². The molecule has 8 heteroatoms. The fourth-order valence-electron chi connectivity index (χ4n) is 2.89. The first kappa shape index (κ1) is 24.0. The molecule has 0 unspecified atom stereocenters. The highest BCUT2D eigenvalue weighted by molar-refractivity contribution is 7.19. The maximum Gasteiger partial charge on any atom is 0.467 e. The largest absolute Gasteiger partial charge is 0.467 e. The van der Waals surface area contributed by atoms with Gasteiger partial charge in [0.2, 0.25) is 0 Å². The Balaban J connectivity index is 5.50. The Kier molecular flexibility index (Phi) is 9.00. The lowest BCUT2D eigenvalue weighted by atomic mass is 10.3. The summed E-state index contributed by atoms with van der Waals surface area (Å²) in [5.41, 5.74) is 0. The minimum atomic E-state index is -2.74. The Bertz CT molecular complexity index is 339. The molecular formula is C15H39ClO3Si4. The van der Waals surface area contributed by atoms with Crippen LogP contribution in [0.25, 0.3) is 0 Å². The Labute approximate surface area is 153 Å². The van der Waals surface area contributed by atoms with Crippen molar-refractivity contribution in [1.29, 1.82) is 0 Å². The summed E-state index contributed by atoms with van der Waals surface area (Å²) in [5, 5.41) is 0. The van der Waals surface area contributed by atoms with Crippen LogP contribution in [0.3, 0.4) is 0 Å². The number of halogens is 1. The van der Waals surface area contributed by atoms with E-state index in [1.807, 2.05) is 0 Å². The number of hydrogen-bond acceptors (Lipinski definition) is 3. The third-order valence-corrected chi connectivity index (χ3v) is 18.1. The summed E-state index contributed by atoms with van der Waals surface area (Å²) < 4.78 is 19.6. The van der Waals surface area contributed by atoms with E-state index in [0.29, 0.717) is 11.8 Å². The zero-order valence-corrected chi connectivity index (χ0v) is 21.9. The summed E-state index contributed by atoms with van der Waals surface area (Å²) in [6.45, 7) is 24.1. The standard InChI is InChI=1S/C15H39ClO3Si4/c1-14(2)12-23(16,13-15(3)4)19-22(11,17-20(5,6)7)18-21(8,9)10/h14-15H,12-13H2,1-11H3. The third kappa shape index (κ3) is 12.1. The molecule has 0 rings (SSSR count). The maximum atomic E-state index is 7.09. The second-order valence-corrected chi connectivity index (χ2v) is 26.7. The van der Waals surface area contributed by atoms with Crippen molar-refractivity contribution in [1.82, 2.24) is 0 Å². The van der Waals surface area contributed by atoms with Gasteiger partial charge in [0, 0.05) is 6.55 Å². The van der Waals surface area contributed by atoms with Crippen molar-refractivity contribution >= 4 is 44.1 Å². The molecule has 0 saturated heterocycles. The molecule has 0 saturated carbocycles. The molecule has 0 aromatic carbocycles. The van der Waals surface area contributed by atoms with Gasteiger partial charge in [-0.3, -0.25) is 0 Å². The van der Waals surface area contributed by atoms with Crippen LogP contribution in [0.15, 0.2) is 0 Å². The SMILES string of the molecule is CC(C)C[Si](Cl)(CC(C)C)O[Si](C)(O[Si](C)(C)C)O[Si](C)(C)C. The molecule has 0 N–H and O–H groups in total. The Morgan fingerprint density at radius 2 is 0.957 bits per heavy atom. The summed E-state index contributed by atoms with van der Waals surface area (Å²) >= 11 is 7.09. The molecule has 0 fully saturated rings. The van der Waals surface area contributed by atoms with E-state index in [0.717, 1.165) is 12.1 Å². The zero-order valence-electron chi connectivity index (χ0n) is 17.2. The Morgan fingerprint density at radius 3 is 1.17 bits per heavy atom. The minimum absolute atomic E-state index is 0.523. The third-order valence-electron chi connectivity index (χ3n) is 2.78. The molecule has 3 nitrogen and oxygen atoms in total. The minimum Gasteiger partial charge on any atom is -0.417 e. The van der Waals surface area contributed by atoms with Gasteiger partial charge in [-0.2, -0.15) is 0 Å². The van der Waals surface area contributed by atoms with Crippen LogP contribution in [-0.4, -0.2) is 33.1 Å². The molecule has 0 aliphatic carbocycles. The fourth-order valence-corrected chi connectivity index (χ4v) is 22.5. The quantitative estimate of drug-likeness (QED) is 0.311. The zero-order chi connectivity index (χ0) is 18.7. The van der Waals surface area contributed by atoms with Crippen molar-refractivity contribution in [3.05, 3.63) is 0 Å². The molecule has 0 aliphatic rings. The highest BCUT2D eigenvalue weighted by atomic mass is 35.6. The van der Waals surface area contributed by atoms with Gasteiger partial charge in [-0.15, -0.1) is 11.1 Å². The highest BCUT2D eigenvalue weighted by Crippen LogP contribution is 2.35. The fraction of sp³-hybridized carbons (Fsp3) is 1.00. The van der Waals surface area contributed by atoms with E-state index in [-0.39, 0.29) is 0 Å². The van der Waals surface area contributed by atoms with Crippen molar-refractivity contribution in [3.63, 3.8) is 0 Å². The van der Waals surface area contributed by atoms with Gasteiger partial charge < -0.3 is 12.3 Å². The number of rotatable bonds is 10. The lowest BCUT2D eigenvalue weighted by molar-refractivity contribution is 0.260. The second kappa shape index (κ2) is 8.61. The molecule has 0 bridgehead atoms. The second-order valence-electron chi connectivity index (χ2n) is 9.47. The average molecular weight is 415 g/mol. The van der Waals surface area contributed by atoms with Crippen molar-refractivity contribution in [2.45, 2.75) is 85.6 Å². The van der Waals surface area contributed by atoms with Crippen LogP contribution >= 0.6 is 11.1 Å². The Hall–Kier alpha value is 1.04. The van der Waals surface area contributed by atoms with E-state index in [1.165, 1.54) is 0 Å². The van der Waals surface area contributed by atoms with Crippen LogP contribution in [0.4, 0.5) is 0 Å². The first-order valence-corrected chi connectivity index (χ1v) is 21.1. The molecule has 0 amide bonds. The molecule has 140 valence electrons. The molecule has 0 aliphatic heterocycles. The van der Waals surface area contributed by atoms with Crippen molar-refractivity contribution in [2.24, 2.45) is 11.8 Å². The Morgan fingerprint density at radius 1 is 0.652 bits per heavy atom. The van der Waals surface area contributed by atoms with Crippen LogP contribution in [0.5, 0.6) is 0 Å². The van der Waals surface area contributed by atoms with Gasteiger partial charge >= 0.3 is 8.80 Å². The molecular weight excluding hydrogens is 376 g/mol. The van der Waals surface area contributed by atoms with Crippen LogP contribution in [-0.2, 0) is 12.3 Å². The molecule has 0 spiro atoms. The van der Waals surface area contributed by atoms with Gasteiger partial charge in [-0.25, -0.2) is 0 Å². The summed E-state index contributed by atoms with van der Waals surface area (Å²) in [4.78, 5) is 0. The highest BCUT2D eigenvalue weighted by Gasteiger charge is 2.50. The molecule has 0 aromatic heterocycles. The van der Waals surface area contributed by atoms with E-state index in [4.69, 9.17) is 23.4 Å². The summed E-state index contributed by atoms with van der Waals surface area (Å²) in [6.07, 6.45) is 0. The van der Waals surface area contributed by atoms with E-state index in [2.05, 4.69) is 73.5 Å². The monoisotopic (exact) mass is 414 g/mol. The lowest BCUT2D eigenvalue weighted by Crippen LogP contribution is -2.59. The molecule has 23 heavy (non-hydrogen) atoms. The predicted molar refractivity (Wildman–Crippen MR) is 112 cm³/mol. The van der Waals surface area contributed by atoms with Crippen molar-refractivity contribution < 1.29 is 12.3 Å². The first-order valence-electron chi connectivity index (χ1n) is 8.75. The van der Waals surface area contributed by atoms with Gasteiger partial charge in [-0.1, -0.05) is 27.7 Å². The van der Waals surface area contributed by atoms with E-state index in [1.54, 1.807) is 0 Å². The molecule has 0 aromatic rings. The van der Waals surface area contributed by atoms with Crippen molar-refractivity contribution in [3.8, 4) is 0 Å². The van der Waals surface area contributed by atoms with Gasteiger partial charge in [0.05, 0.1) is 0 Å². The maximum absolute atomic E-state index is 7.09. The summed E-state index contributed by atoms with van der Waals surface area (Å²) in [7, 11) is -8.67. The van der Waals surface area contributed by atoms with E-state index >= 15 is 0 Å². The van der Waals surface area contributed by atoms with Crippen LogP contribution < -0.4 is 0 Å². The first-order chi connectivity index (χ1) is 9.95.